The Morgan fingerprint density at radius 2 is 2.00 bits per heavy atom. The first-order valence-corrected chi connectivity index (χ1v) is 7.11. The second-order valence-electron chi connectivity index (χ2n) is 3.96. The smallest absolute Gasteiger partial charge is 0.180 e. The molecule has 0 fully saturated rings. The molecule has 1 aromatic carbocycles. The summed E-state index contributed by atoms with van der Waals surface area (Å²) in [6.45, 7) is 3.58. The van der Waals surface area contributed by atoms with Gasteiger partial charge in [-0.2, -0.15) is 0 Å². The van der Waals surface area contributed by atoms with Crippen molar-refractivity contribution < 1.29 is 13.2 Å². The molecule has 0 aliphatic rings. The highest BCUT2D eigenvalue weighted by molar-refractivity contribution is 7.92. The second-order valence-corrected chi connectivity index (χ2v) is 6.19. The molecule has 0 aliphatic heterocycles. The summed E-state index contributed by atoms with van der Waals surface area (Å²) in [5.74, 6) is -0.311. The van der Waals surface area contributed by atoms with Gasteiger partial charge in [-0.05, 0) is 19.4 Å². The van der Waals surface area contributed by atoms with Crippen molar-refractivity contribution in [3.63, 3.8) is 0 Å². The SMILES string of the molecule is CC[C@@H](C(=O)c1cccc(C)c1)S(C)(=O)=O. The molecule has 0 spiro atoms. The molecule has 16 heavy (non-hydrogen) atoms. The molecule has 0 radical (unpaired) electrons. The van der Waals surface area contributed by atoms with Crippen molar-refractivity contribution in [2.75, 3.05) is 6.26 Å². The zero-order chi connectivity index (χ0) is 12.3. The summed E-state index contributed by atoms with van der Waals surface area (Å²) in [6, 6.07) is 7.01. The molecular weight excluding hydrogens is 224 g/mol. The van der Waals surface area contributed by atoms with Crippen LogP contribution in [0.15, 0.2) is 24.3 Å². The van der Waals surface area contributed by atoms with Gasteiger partial charge in [-0.1, -0.05) is 30.7 Å². The summed E-state index contributed by atoms with van der Waals surface area (Å²) in [7, 11) is -3.32. The summed E-state index contributed by atoms with van der Waals surface area (Å²) in [5.41, 5.74) is 1.42. The van der Waals surface area contributed by atoms with Gasteiger partial charge in [0.1, 0.15) is 5.25 Å². The largest absolute Gasteiger partial charge is 0.293 e. The zero-order valence-corrected chi connectivity index (χ0v) is 10.5. The predicted molar refractivity (Wildman–Crippen MR) is 64.4 cm³/mol. The number of carbonyl (C=O) groups excluding carboxylic acids is 1. The highest BCUT2D eigenvalue weighted by atomic mass is 32.2. The first-order chi connectivity index (χ1) is 7.36. The van der Waals surface area contributed by atoms with Crippen LogP contribution in [0, 0.1) is 6.92 Å². The molecule has 0 aliphatic carbocycles. The van der Waals surface area contributed by atoms with Gasteiger partial charge in [0.2, 0.25) is 0 Å². The van der Waals surface area contributed by atoms with E-state index >= 15 is 0 Å². The van der Waals surface area contributed by atoms with Crippen molar-refractivity contribution in [1.29, 1.82) is 0 Å². The molecule has 0 bridgehead atoms. The van der Waals surface area contributed by atoms with Gasteiger partial charge < -0.3 is 0 Å². The van der Waals surface area contributed by atoms with Gasteiger partial charge in [0.15, 0.2) is 15.6 Å². The second kappa shape index (κ2) is 4.78. The lowest BCUT2D eigenvalue weighted by Crippen LogP contribution is -2.28. The molecule has 88 valence electrons. The van der Waals surface area contributed by atoms with Crippen LogP contribution in [-0.4, -0.2) is 25.7 Å². The van der Waals surface area contributed by atoms with Crippen LogP contribution in [0.25, 0.3) is 0 Å². The number of benzene rings is 1. The van der Waals surface area contributed by atoms with Crippen LogP contribution < -0.4 is 0 Å². The fraction of sp³-hybridized carbons (Fsp3) is 0.417. The van der Waals surface area contributed by atoms with E-state index in [0.29, 0.717) is 12.0 Å². The molecule has 0 saturated carbocycles. The Morgan fingerprint density at radius 1 is 1.38 bits per heavy atom. The van der Waals surface area contributed by atoms with Crippen molar-refractivity contribution in [1.82, 2.24) is 0 Å². The van der Waals surface area contributed by atoms with E-state index in [0.717, 1.165) is 11.8 Å². The van der Waals surface area contributed by atoms with Gasteiger partial charge in [-0.25, -0.2) is 8.42 Å². The van der Waals surface area contributed by atoms with Gasteiger partial charge in [0.25, 0.3) is 0 Å². The number of hydrogen-bond donors (Lipinski definition) is 0. The first-order valence-electron chi connectivity index (χ1n) is 5.16. The molecule has 0 saturated heterocycles. The number of carbonyl (C=O) groups is 1. The zero-order valence-electron chi connectivity index (χ0n) is 9.73. The summed E-state index contributed by atoms with van der Waals surface area (Å²) in [6.07, 6.45) is 1.42. The number of rotatable bonds is 4. The molecule has 1 rings (SSSR count). The molecule has 1 aromatic rings. The maximum atomic E-state index is 12.0. The average molecular weight is 240 g/mol. The van der Waals surface area contributed by atoms with Gasteiger partial charge >= 0.3 is 0 Å². The maximum absolute atomic E-state index is 12.0. The molecule has 1 atom stereocenters. The summed E-state index contributed by atoms with van der Waals surface area (Å²) < 4.78 is 22.9. The minimum atomic E-state index is -3.32. The predicted octanol–water partition coefficient (Wildman–Crippen LogP) is 2.00. The summed E-state index contributed by atoms with van der Waals surface area (Å²) in [5, 5.41) is -0.922. The monoisotopic (exact) mass is 240 g/mol. The minimum absolute atomic E-state index is 0.311. The Morgan fingerprint density at radius 3 is 2.44 bits per heavy atom. The highest BCUT2D eigenvalue weighted by Crippen LogP contribution is 2.14. The molecule has 0 unspecified atom stereocenters. The van der Waals surface area contributed by atoms with E-state index in [1.54, 1.807) is 25.1 Å². The lowest BCUT2D eigenvalue weighted by Gasteiger charge is -2.11. The van der Waals surface area contributed by atoms with E-state index in [1.165, 1.54) is 0 Å². The molecule has 0 amide bonds. The first kappa shape index (κ1) is 12.9. The minimum Gasteiger partial charge on any atom is -0.293 e. The van der Waals surface area contributed by atoms with Crippen molar-refractivity contribution in [2.24, 2.45) is 0 Å². The molecule has 0 N–H and O–H groups in total. The lowest BCUT2D eigenvalue weighted by atomic mass is 10.0. The quantitative estimate of drug-likeness (QED) is 0.756. The lowest BCUT2D eigenvalue weighted by molar-refractivity contribution is 0.0985. The Balaban J connectivity index is 3.11. The molecular formula is C12H16O3S. The number of Topliss-reactive ketones (excluding diaryl/α,β-unsaturated/α-hetero) is 1. The normalized spacial score (nSPS) is 13.4. The van der Waals surface area contributed by atoms with Crippen LogP contribution in [0.1, 0.15) is 29.3 Å². The topological polar surface area (TPSA) is 51.2 Å². The van der Waals surface area contributed by atoms with Crippen LogP contribution in [0.2, 0.25) is 0 Å². The number of ketones is 1. The Kier molecular flexibility index (Phi) is 3.86. The van der Waals surface area contributed by atoms with E-state index in [4.69, 9.17) is 0 Å². The number of hydrogen-bond acceptors (Lipinski definition) is 3. The van der Waals surface area contributed by atoms with Crippen LogP contribution in [0.4, 0.5) is 0 Å². The average Bonchev–Trinajstić information content (AvgIpc) is 2.16. The summed E-state index contributed by atoms with van der Waals surface area (Å²) >= 11 is 0. The van der Waals surface area contributed by atoms with Gasteiger partial charge in [0.05, 0.1) is 0 Å². The van der Waals surface area contributed by atoms with E-state index < -0.39 is 15.1 Å². The standard InChI is InChI=1S/C12H16O3S/c1-4-11(16(3,14)15)12(13)10-7-5-6-9(2)8-10/h5-8,11H,4H2,1-3H3/t11-/m0/s1. The van der Waals surface area contributed by atoms with Crippen LogP contribution in [0.5, 0.6) is 0 Å². The van der Waals surface area contributed by atoms with Crippen molar-refractivity contribution in [3.8, 4) is 0 Å². The van der Waals surface area contributed by atoms with E-state index in [1.807, 2.05) is 13.0 Å². The van der Waals surface area contributed by atoms with Gasteiger partial charge in [-0.15, -0.1) is 0 Å². The maximum Gasteiger partial charge on any atom is 0.180 e. The van der Waals surface area contributed by atoms with Crippen molar-refractivity contribution in [3.05, 3.63) is 35.4 Å². The number of aryl methyl sites for hydroxylation is 1. The van der Waals surface area contributed by atoms with Gasteiger partial charge in [-0.3, -0.25) is 4.79 Å². The third-order valence-electron chi connectivity index (χ3n) is 2.48. The Hall–Kier alpha value is -1.16. The van der Waals surface area contributed by atoms with Crippen LogP contribution in [0.3, 0.4) is 0 Å². The van der Waals surface area contributed by atoms with Crippen LogP contribution in [-0.2, 0) is 9.84 Å². The Labute approximate surface area is 96.4 Å². The fourth-order valence-electron chi connectivity index (χ4n) is 1.67. The van der Waals surface area contributed by atoms with Crippen LogP contribution >= 0.6 is 0 Å². The summed E-state index contributed by atoms with van der Waals surface area (Å²) in [4.78, 5) is 12.0. The van der Waals surface area contributed by atoms with E-state index in [2.05, 4.69) is 0 Å². The molecule has 4 heteroatoms. The van der Waals surface area contributed by atoms with E-state index in [-0.39, 0.29) is 5.78 Å². The van der Waals surface area contributed by atoms with Gasteiger partial charge in [0, 0.05) is 11.8 Å². The third-order valence-corrected chi connectivity index (χ3v) is 4.06. The highest BCUT2D eigenvalue weighted by Gasteiger charge is 2.27. The fourth-order valence-corrected chi connectivity index (χ4v) is 2.80. The Bertz CT molecular complexity index is 489. The van der Waals surface area contributed by atoms with Crippen molar-refractivity contribution >= 4 is 15.6 Å². The molecule has 0 heterocycles. The molecule has 3 nitrogen and oxygen atoms in total. The third kappa shape index (κ3) is 2.92. The van der Waals surface area contributed by atoms with Crippen molar-refractivity contribution in [2.45, 2.75) is 25.5 Å². The molecule has 0 aromatic heterocycles. The van der Waals surface area contributed by atoms with E-state index in [9.17, 15) is 13.2 Å². The number of sulfone groups is 1.